The van der Waals surface area contributed by atoms with Gasteiger partial charge in [0, 0.05) is 17.3 Å². The number of amides is 1. The van der Waals surface area contributed by atoms with Gasteiger partial charge in [-0.15, -0.1) is 0 Å². The van der Waals surface area contributed by atoms with Crippen LogP contribution in [0.2, 0.25) is 0 Å². The van der Waals surface area contributed by atoms with E-state index in [1.165, 1.54) is 0 Å². The Hall–Kier alpha value is -3.40. The molecule has 0 saturated heterocycles. The SMILES string of the molecule is Cc1cc(C)c2oc3cc(NC(=O)c4ccccc4)ccc3c(=O)c2c1. The number of anilines is 1. The molecule has 1 aromatic heterocycles. The first kappa shape index (κ1) is 16.1. The number of nitrogens with one attached hydrogen (secondary N) is 1. The van der Waals surface area contributed by atoms with Gasteiger partial charge < -0.3 is 9.73 Å². The summed E-state index contributed by atoms with van der Waals surface area (Å²) < 4.78 is 5.99. The fourth-order valence-corrected chi connectivity index (χ4v) is 3.18. The molecule has 0 unspecified atom stereocenters. The number of hydrogen-bond acceptors (Lipinski definition) is 3. The molecule has 1 amide bonds. The third-order valence-electron chi connectivity index (χ3n) is 4.40. The molecule has 4 nitrogen and oxygen atoms in total. The predicted molar refractivity (Wildman–Crippen MR) is 104 cm³/mol. The molecule has 128 valence electrons. The molecule has 4 heteroatoms. The van der Waals surface area contributed by atoms with E-state index in [0.717, 1.165) is 11.1 Å². The Kier molecular flexibility index (Phi) is 3.81. The first-order chi connectivity index (χ1) is 12.5. The van der Waals surface area contributed by atoms with E-state index in [-0.39, 0.29) is 11.3 Å². The number of carbonyl (C=O) groups is 1. The highest BCUT2D eigenvalue weighted by Gasteiger charge is 2.12. The van der Waals surface area contributed by atoms with Gasteiger partial charge in [-0.2, -0.15) is 0 Å². The second-order valence-corrected chi connectivity index (χ2v) is 6.42. The number of benzene rings is 3. The van der Waals surface area contributed by atoms with Crippen LogP contribution in [0.5, 0.6) is 0 Å². The maximum absolute atomic E-state index is 12.8. The quantitative estimate of drug-likeness (QED) is 0.531. The zero-order valence-electron chi connectivity index (χ0n) is 14.5. The summed E-state index contributed by atoms with van der Waals surface area (Å²) >= 11 is 0. The molecule has 0 aliphatic carbocycles. The lowest BCUT2D eigenvalue weighted by Crippen LogP contribution is -2.12. The van der Waals surface area contributed by atoms with E-state index < -0.39 is 0 Å². The van der Waals surface area contributed by atoms with Crippen molar-refractivity contribution < 1.29 is 9.21 Å². The normalized spacial score (nSPS) is 11.0. The van der Waals surface area contributed by atoms with E-state index in [4.69, 9.17) is 4.42 Å². The Bertz CT molecular complexity index is 1210. The van der Waals surface area contributed by atoms with Gasteiger partial charge in [-0.25, -0.2) is 0 Å². The molecule has 0 aliphatic heterocycles. The average molecular weight is 343 g/mol. The molecule has 1 N–H and O–H groups in total. The van der Waals surface area contributed by atoms with Crippen molar-refractivity contribution in [1.29, 1.82) is 0 Å². The van der Waals surface area contributed by atoms with Crippen molar-refractivity contribution in [2.75, 3.05) is 5.32 Å². The van der Waals surface area contributed by atoms with Gasteiger partial charge in [-0.3, -0.25) is 9.59 Å². The molecular formula is C22H17NO3. The van der Waals surface area contributed by atoms with E-state index in [1.807, 2.05) is 44.2 Å². The highest BCUT2D eigenvalue weighted by atomic mass is 16.3. The summed E-state index contributed by atoms with van der Waals surface area (Å²) in [6.07, 6.45) is 0. The standard InChI is InChI=1S/C22H17NO3/c1-13-10-14(2)21-18(11-13)20(24)17-9-8-16(12-19(17)26-21)23-22(25)15-6-4-3-5-7-15/h3-12H,1-2H3,(H,23,25). The molecule has 0 bridgehead atoms. The summed E-state index contributed by atoms with van der Waals surface area (Å²) in [6.45, 7) is 3.88. The topological polar surface area (TPSA) is 59.3 Å². The van der Waals surface area contributed by atoms with Gasteiger partial charge in [0.05, 0.1) is 10.8 Å². The Morgan fingerprint density at radius 1 is 0.923 bits per heavy atom. The van der Waals surface area contributed by atoms with Gasteiger partial charge in [0.15, 0.2) is 0 Å². The Balaban J connectivity index is 1.81. The number of hydrogen-bond donors (Lipinski definition) is 1. The van der Waals surface area contributed by atoms with Gasteiger partial charge in [-0.05, 0) is 55.3 Å². The summed E-state index contributed by atoms with van der Waals surface area (Å²) in [5.41, 5.74) is 4.07. The summed E-state index contributed by atoms with van der Waals surface area (Å²) in [5.74, 6) is -0.208. The third-order valence-corrected chi connectivity index (χ3v) is 4.40. The van der Waals surface area contributed by atoms with Gasteiger partial charge in [0.25, 0.3) is 5.91 Å². The van der Waals surface area contributed by atoms with Crippen LogP contribution in [0, 0.1) is 13.8 Å². The minimum Gasteiger partial charge on any atom is -0.455 e. The highest BCUT2D eigenvalue weighted by molar-refractivity contribution is 6.05. The highest BCUT2D eigenvalue weighted by Crippen LogP contribution is 2.25. The maximum atomic E-state index is 12.8. The van der Waals surface area contributed by atoms with Crippen molar-refractivity contribution in [3.8, 4) is 0 Å². The third kappa shape index (κ3) is 2.75. The van der Waals surface area contributed by atoms with Crippen LogP contribution in [0.15, 0.2) is 69.9 Å². The molecule has 4 aromatic rings. The Morgan fingerprint density at radius 3 is 2.46 bits per heavy atom. The summed E-state index contributed by atoms with van der Waals surface area (Å²) in [7, 11) is 0. The van der Waals surface area contributed by atoms with Crippen molar-refractivity contribution in [1.82, 2.24) is 0 Å². The molecule has 0 saturated carbocycles. The molecule has 0 atom stereocenters. The van der Waals surface area contributed by atoms with Gasteiger partial charge in [0.2, 0.25) is 5.43 Å². The minimum atomic E-state index is -0.208. The van der Waals surface area contributed by atoms with E-state index in [2.05, 4.69) is 5.32 Å². The smallest absolute Gasteiger partial charge is 0.255 e. The molecule has 1 heterocycles. The van der Waals surface area contributed by atoms with Crippen LogP contribution >= 0.6 is 0 Å². The number of aryl methyl sites for hydroxylation is 2. The Labute approximate surface area is 150 Å². The van der Waals surface area contributed by atoms with E-state index >= 15 is 0 Å². The fraction of sp³-hybridized carbons (Fsp3) is 0.0909. The van der Waals surface area contributed by atoms with Gasteiger partial charge in [-0.1, -0.05) is 24.3 Å². The van der Waals surface area contributed by atoms with Crippen molar-refractivity contribution in [3.63, 3.8) is 0 Å². The number of rotatable bonds is 2. The van der Waals surface area contributed by atoms with Crippen molar-refractivity contribution in [2.45, 2.75) is 13.8 Å². The number of fused-ring (bicyclic) bond motifs is 2. The van der Waals surface area contributed by atoms with Crippen LogP contribution in [0.3, 0.4) is 0 Å². The lowest BCUT2D eigenvalue weighted by molar-refractivity contribution is 0.102. The van der Waals surface area contributed by atoms with Crippen molar-refractivity contribution in [2.24, 2.45) is 0 Å². The largest absolute Gasteiger partial charge is 0.455 e. The monoisotopic (exact) mass is 343 g/mol. The van der Waals surface area contributed by atoms with E-state index in [1.54, 1.807) is 30.3 Å². The van der Waals surface area contributed by atoms with Crippen molar-refractivity contribution >= 4 is 33.5 Å². The minimum absolute atomic E-state index is 0.0611. The first-order valence-electron chi connectivity index (χ1n) is 8.37. The summed E-state index contributed by atoms with van der Waals surface area (Å²) in [4.78, 5) is 25.1. The van der Waals surface area contributed by atoms with Crippen LogP contribution in [0.25, 0.3) is 21.9 Å². The van der Waals surface area contributed by atoms with E-state index in [0.29, 0.717) is 33.2 Å². The molecule has 0 aliphatic rings. The van der Waals surface area contributed by atoms with Crippen LogP contribution < -0.4 is 10.7 Å². The fourth-order valence-electron chi connectivity index (χ4n) is 3.18. The number of carbonyl (C=O) groups excluding carboxylic acids is 1. The zero-order chi connectivity index (χ0) is 18.3. The molecule has 4 rings (SSSR count). The predicted octanol–water partition coefficient (Wildman–Crippen LogP) is 4.82. The lowest BCUT2D eigenvalue weighted by atomic mass is 10.1. The molecule has 3 aromatic carbocycles. The molecule has 0 fully saturated rings. The Morgan fingerprint density at radius 2 is 1.69 bits per heavy atom. The molecule has 0 spiro atoms. The maximum Gasteiger partial charge on any atom is 0.255 e. The average Bonchev–Trinajstić information content (AvgIpc) is 2.63. The van der Waals surface area contributed by atoms with Crippen molar-refractivity contribution in [3.05, 3.63) is 87.6 Å². The van der Waals surface area contributed by atoms with Gasteiger partial charge >= 0.3 is 0 Å². The lowest BCUT2D eigenvalue weighted by Gasteiger charge is -2.08. The van der Waals surface area contributed by atoms with Crippen LogP contribution in [0.4, 0.5) is 5.69 Å². The molecular weight excluding hydrogens is 326 g/mol. The van der Waals surface area contributed by atoms with Crippen LogP contribution in [-0.4, -0.2) is 5.91 Å². The van der Waals surface area contributed by atoms with Gasteiger partial charge in [0.1, 0.15) is 11.2 Å². The first-order valence-corrected chi connectivity index (χ1v) is 8.37. The van der Waals surface area contributed by atoms with Crippen LogP contribution in [-0.2, 0) is 0 Å². The zero-order valence-corrected chi connectivity index (χ0v) is 14.5. The summed E-state index contributed by atoms with van der Waals surface area (Å²) in [5, 5.41) is 3.92. The second-order valence-electron chi connectivity index (χ2n) is 6.42. The van der Waals surface area contributed by atoms with Crippen LogP contribution in [0.1, 0.15) is 21.5 Å². The van der Waals surface area contributed by atoms with E-state index in [9.17, 15) is 9.59 Å². The molecule has 0 radical (unpaired) electrons. The summed E-state index contributed by atoms with van der Waals surface area (Å²) in [6, 6.07) is 17.9. The second kappa shape index (κ2) is 6.15. The molecule has 26 heavy (non-hydrogen) atoms.